The second-order valence-corrected chi connectivity index (χ2v) is 11.0. The minimum absolute atomic E-state index is 0.0545. The standard InChI is InChI=1S/C25H34ClN3O4S/c1-7-19(4)27-25(31)20(5)28(15-21-9-8-10-22(26)14-21)24(30)16-29(34(6,32)33)23-12-11-17(2)18(3)13-23/h8-14,19-20H,7,15-16H2,1-6H3,(H,27,31)/t19-,20-/m1/s1. The molecule has 0 aliphatic rings. The number of hydrogen-bond acceptors (Lipinski definition) is 4. The van der Waals surface area contributed by atoms with Gasteiger partial charge in [-0.05, 0) is 75.1 Å². The van der Waals surface area contributed by atoms with E-state index in [1.165, 1.54) is 4.90 Å². The van der Waals surface area contributed by atoms with Crippen LogP contribution in [0.3, 0.4) is 0 Å². The summed E-state index contributed by atoms with van der Waals surface area (Å²) in [6.45, 7) is 8.98. The number of aryl methyl sites for hydroxylation is 2. The van der Waals surface area contributed by atoms with Crippen LogP contribution in [0.4, 0.5) is 5.69 Å². The van der Waals surface area contributed by atoms with E-state index in [9.17, 15) is 18.0 Å². The summed E-state index contributed by atoms with van der Waals surface area (Å²) in [6, 6.07) is 11.4. The molecular formula is C25H34ClN3O4S. The third-order valence-electron chi connectivity index (χ3n) is 5.87. The SMILES string of the molecule is CC[C@@H](C)NC(=O)[C@@H](C)N(Cc1cccc(Cl)c1)C(=O)CN(c1ccc(C)c(C)c1)S(C)(=O)=O. The molecule has 2 atom stereocenters. The Balaban J connectivity index is 2.41. The molecule has 7 nitrogen and oxygen atoms in total. The van der Waals surface area contributed by atoms with Gasteiger partial charge in [-0.3, -0.25) is 13.9 Å². The van der Waals surface area contributed by atoms with Crippen molar-refractivity contribution >= 4 is 39.1 Å². The van der Waals surface area contributed by atoms with Crippen molar-refractivity contribution in [2.75, 3.05) is 17.1 Å². The van der Waals surface area contributed by atoms with Gasteiger partial charge in [0, 0.05) is 17.6 Å². The van der Waals surface area contributed by atoms with Crippen molar-refractivity contribution in [1.82, 2.24) is 10.2 Å². The molecule has 0 radical (unpaired) electrons. The fourth-order valence-electron chi connectivity index (χ4n) is 3.37. The van der Waals surface area contributed by atoms with Crippen LogP contribution in [0.5, 0.6) is 0 Å². The number of carbonyl (C=O) groups is 2. The van der Waals surface area contributed by atoms with Gasteiger partial charge in [-0.15, -0.1) is 0 Å². The molecule has 0 fully saturated rings. The summed E-state index contributed by atoms with van der Waals surface area (Å²) in [5.74, 6) is -0.794. The molecule has 0 bridgehead atoms. The molecule has 2 rings (SSSR count). The number of nitrogens with one attached hydrogen (secondary N) is 1. The number of sulfonamides is 1. The number of rotatable bonds is 10. The summed E-state index contributed by atoms with van der Waals surface area (Å²) in [5.41, 5.74) is 3.07. The zero-order valence-corrected chi connectivity index (χ0v) is 22.2. The molecule has 2 amide bonds. The predicted octanol–water partition coefficient (Wildman–Crippen LogP) is 4.05. The van der Waals surface area contributed by atoms with Crippen LogP contribution in [0, 0.1) is 13.8 Å². The maximum Gasteiger partial charge on any atom is 0.244 e. The average Bonchev–Trinajstić information content (AvgIpc) is 2.76. The highest BCUT2D eigenvalue weighted by molar-refractivity contribution is 7.92. The largest absolute Gasteiger partial charge is 0.352 e. The molecule has 34 heavy (non-hydrogen) atoms. The Kier molecular flexibility index (Phi) is 9.53. The van der Waals surface area contributed by atoms with E-state index in [1.54, 1.807) is 37.3 Å². The summed E-state index contributed by atoms with van der Waals surface area (Å²) in [4.78, 5) is 27.8. The third kappa shape index (κ3) is 7.46. The lowest BCUT2D eigenvalue weighted by molar-refractivity contribution is -0.139. The lowest BCUT2D eigenvalue weighted by Gasteiger charge is -2.32. The first-order valence-corrected chi connectivity index (χ1v) is 13.4. The predicted molar refractivity (Wildman–Crippen MR) is 137 cm³/mol. The van der Waals surface area contributed by atoms with Gasteiger partial charge in [-0.2, -0.15) is 0 Å². The third-order valence-corrected chi connectivity index (χ3v) is 7.24. The number of nitrogens with zero attached hydrogens (tertiary/aromatic N) is 2. The van der Waals surface area contributed by atoms with Crippen molar-refractivity contribution in [3.05, 3.63) is 64.2 Å². The molecule has 0 spiro atoms. The fourth-order valence-corrected chi connectivity index (χ4v) is 4.43. The normalized spacial score (nSPS) is 13.1. The molecule has 0 aromatic heterocycles. The van der Waals surface area contributed by atoms with E-state index in [4.69, 9.17) is 11.6 Å². The highest BCUT2D eigenvalue weighted by Gasteiger charge is 2.30. The minimum atomic E-state index is -3.76. The van der Waals surface area contributed by atoms with Crippen LogP contribution in [0.15, 0.2) is 42.5 Å². The Labute approximate surface area is 208 Å². The zero-order chi connectivity index (χ0) is 25.6. The van der Waals surface area contributed by atoms with Gasteiger partial charge in [0.05, 0.1) is 11.9 Å². The molecule has 0 unspecified atom stereocenters. The highest BCUT2D eigenvalue weighted by Crippen LogP contribution is 2.22. The van der Waals surface area contributed by atoms with Crippen LogP contribution in [0.1, 0.15) is 43.9 Å². The van der Waals surface area contributed by atoms with Crippen molar-refractivity contribution < 1.29 is 18.0 Å². The Morgan fingerprint density at radius 2 is 1.74 bits per heavy atom. The van der Waals surface area contributed by atoms with E-state index in [0.717, 1.165) is 33.7 Å². The van der Waals surface area contributed by atoms with Crippen molar-refractivity contribution in [1.29, 1.82) is 0 Å². The lowest BCUT2D eigenvalue weighted by Crippen LogP contribution is -2.52. The molecule has 186 valence electrons. The second-order valence-electron chi connectivity index (χ2n) is 8.68. The summed E-state index contributed by atoms with van der Waals surface area (Å²) >= 11 is 6.12. The average molecular weight is 508 g/mol. The van der Waals surface area contributed by atoms with E-state index in [1.807, 2.05) is 39.8 Å². The summed E-state index contributed by atoms with van der Waals surface area (Å²) in [6.07, 6.45) is 1.81. The number of anilines is 1. The van der Waals surface area contributed by atoms with E-state index in [-0.39, 0.29) is 18.5 Å². The lowest BCUT2D eigenvalue weighted by atomic mass is 10.1. The zero-order valence-electron chi connectivity index (χ0n) is 20.6. The Morgan fingerprint density at radius 3 is 2.29 bits per heavy atom. The maximum absolute atomic E-state index is 13.5. The molecule has 2 aromatic carbocycles. The molecule has 0 aliphatic carbocycles. The summed E-state index contributed by atoms with van der Waals surface area (Å²) < 4.78 is 26.3. The first-order valence-electron chi connectivity index (χ1n) is 11.2. The van der Waals surface area contributed by atoms with Crippen molar-refractivity contribution in [2.24, 2.45) is 0 Å². The van der Waals surface area contributed by atoms with E-state index in [0.29, 0.717) is 10.7 Å². The molecule has 0 saturated heterocycles. The monoisotopic (exact) mass is 507 g/mol. The molecule has 9 heteroatoms. The van der Waals surface area contributed by atoms with Gasteiger partial charge in [-0.1, -0.05) is 36.7 Å². The van der Waals surface area contributed by atoms with Crippen LogP contribution in [-0.2, 0) is 26.2 Å². The van der Waals surface area contributed by atoms with E-state index >= 15 is 0 Å². The molecule has 1 N–H and O–H groups in total. The van der Waals surface area contributed by atoms with E-state index < -0.39 is 28.5 Å². The quantitative estimate of drug-likeness (QED) is 0.525. The van der Waals surface area contributed by atoms with Crippen molar-refractivity contribution in [3.63, 3.8) is 0 Å². The van der Waals surface area contributed by atoms with Crippen LogP contribution < -0.4 is 9.62 Å². The highest BCUT2D eigenvalue weighted by atomic mass is 35.5. The topological polar surface area (TPSA) is 86.8 Å². The molecule has 0 heterocycles. The van der Waals surface area contributed by atoms with Crippen LogP contribution in [0.2, 0.25) is 5.02 Å². The van der Waals surface area contributed by atoms with Crippen LogP contribution in [-0.4, -0.2) is 50.0 Å². The smallest absolute Gasteiger partial charge is 0.244 e. The number of benzene rings is 2. The first kappa shape index (κ1) is 27.7. The Hall–Kier alpha value is -2.58. The number of hydrogen-bond donors (Lipinski definition) is 1. The molecular weight excluding hydrogens is 474 g/mol. The first-order chi connectivity index (χ1) is 15.8. The Morgan fingerprint density at radius 1 is 1.06 bits per heavy atom. The number of halogens is 1. The van der Waals surface area contributed by atoms with Gasteiger partial charge >= 0.3 is 0 Å². The summed E-state index contributed by atoms with van der Waals surface area (Å²) in [7, 11) is -3.76. The maximum atomic E-state index is 13.5. The molecule has 0 saturated carbocycles. The number of amides is 2. The van der Waals surface area contributed by atoms with Crippen molar-refractivity contribution in [3.8, 4) is 0 Å². The van der Waals surface area contributed by atoms with Gasteiger partial charge in [0.1, 0.15) is 12.6 Å². The van der Waals surface area contributed by atoms with E-state index in [2.05, 4.69) is 5.32 Å². The van der Waals surface area contributed by atoms with Crippen LogP contribution >= 0.6 is 11.6 Å². The Bertz CT molecular complexity index is 1140. The van der Waals surface area contributed by atoms with Gasteiger partial charge in [0.2, 0.25) is 21.8 Å². The summed E-state index contributed by atoms with van der Waals surface area (Å²) in [5, 5.41) is 3.41. The van der Waals surface area contributed by atoms with Crippen LogP contribution in [0.25, 0.3) is 0 Å². The second kappa shape index (κ2) is 11.7. The molecule has 2 aromatic rings. The fraction of sp³-hybridized carbons (Fsp3) is 0.440. The molecule has 0 aliphatic heterocycles. The van der Waals surface area contributed by atoms with Gasteiger partial charge < -0.3 is 10.2 Å². The van der Waals surface area contributed by atoms with Gasteiger partial charge in [-0.25, -0.2) is 8.42 Å². The minimum Gasteiger partial charge on any atom is -0.352 e. The van der Waals surface area contributed by atoms with Gasteiger partial charge in [0.15, 0.2) is 0 Å². The van der Waals surface area contributed by atoms with Crippen molar-refractivity contribution in [2.45, 2.75) is 59.7 Å². The van der Waals surface area contributed by atoms with Gasteiger partial charge in [0.25, 0.3) is 0 Å². The number of carbonyl (C=O) groups excluding carboxylic acids is 2.